The zero-order chi connectivity index (χ0) is 15.9. The van der Waals surface area contributed by atoms with E-state index in [1.54, 1.807) is 0 Å². The van der Waals surface area contributed by atoms with E-state index in [4.69, 9.17) is 15.9 Å². The second-order valence-electron chi connectivity index (χ2n) is 4.14. The second kappa shape index (κ2) is 8.55. The van der Waals surface area contributed by atoms with Gasteiger partial charge < -0.3 is 41.4 Å². The highest BCUT2D eigenvalue weighted by Gasteiger charge is 2.34. The normalized spacial score (nSPS) is 18.4. The van der Waals surface area contributed by atoms with Crippen LogP contribution in [0.1, 0.15) is 6.42 Å². The maximum atomic E-state index is 11.2. The van der Waals surface area contributed by atoms with Gasteiger partial charge in [0.2, 0.25) is 5.91 Å². The molecule has 0 rings (SSSR count). The molecule has 0 bridgehead atoms. The summed E-state index contributed by atoms with van der Waals surface area (Å²) >= 11 is 0. The molecule has 10 nitrogen and oxygen atoms in total. The molecule has 0 aliphatic rings. The molecule has 0 spiro atoms. The van der Waals surface area contributed by atoms with Crippen LogP contribution in [0.15, 0.2) is 0 Å². The van der Waals surface area contributed by atoms with Gasteiger partial charge in [0.15, 0.2) is 6.10 Å². The van der Waals surface area contributed by atoms with Gasteiger partial charge in [0, 0.05) is 13.0 Å². The number of aliphatic hydroxyl groups is 4. The summed E-state index contributed by atoms with van der Waals surface area (Å²) in [6.07, 6.45) is -8.07. The first-order valence-corrected chi connectivity index (χ1v) is 5.63. The van der Waals surface area contributed by atoms with Crippen molar-refractivity contribution in [2.45, 2.75) is 36.9 Å². The Kier molecular flexibility index (Phi) is 7.87. The minimum Gasteiger partial charge on any atom is -0.479 e. The van der Waals surface area contributed by atoms with E-state index in [9.17, 15) is 29.7 Å². The number of carboxylic acids is 1. The van der Waals surface area contributed by atoms with Gasteiger partial charge in [-0.2, -0.15) is 0 Å². The number of rotatable bonds is 9. The molecule has 8 N–H and O–H groups in total. The fraction of sp³-hybridized carbons (Fsp3) is 0.700. The van der Waals surface area contributed by atoms with Crippen LogP contribution >= 0.6 is 0 Å². The quantitative estimate of drug-likeness (QED) is 0.205. The Morgan fingerprint density at radius 2 is 1.70 bits per heavy atom. The molecule has 20 heavy (non-hydrogen) atoms. The molecule has 0 heterocycles. The van der Waals surface area contributed by atoms with Gasteiger partial charge in [0.1, 0.15) is 18.5 Å². The number of hydrogen-bond acceptors (Lipinski definition) is 8. The minimum absolute atomic E-state index is 0.327. The van der Waals surface area contributed by atoms with E-state index in [2.05, 4.69) is 5.32 Å². The molecule has 0 fully saturated rings. The van der Waals surface area contributed by atoms with Crippen LogP contribution in [0.3, 0.4) is 0 Å². The van der Waals surface area contributed by atoms with E-state index in [1.165, 1.54) is 0 Å². The number of carbonyl (C=O) groups is 3. The van der Waals surface area contributed by atoms with E-state index in [0.717, 1.165) is 0 Å². The highest BCUT2D eigenvalue weighted by molar-refractivity contribution is 5.80. The molecule has 0 aliphatic heterocycles. The first kappa shape index (κ1) is 18.4. The molecule has 0 aromatic rings. The highest BCUT2D eigenvalue weighted by atomic mass is 16.4. The maximum absolute atomic E-state index is 11.2. The summed E-state index contributed by atoms with van der Waals surface area (Å²) in [4.78, 5) is 31.8. The van der Waals surface area contributed by atoms with Crippen LogP contribution in [0.25, 0.3) is 0 Å². The van der Waals surface area contributed by atoms with Crippen LogP contribution in [0, 0.1) is 0 Å². The summed E-state index contributed by atoms with van der Waals surface area (Å²) in [6, 6.07) is -1.00. The van der Waals surface area contributed by atoms with Gasteiger partial charge in [-0.25, -0.2) is 4.79 Å². The Labute approximate surface area is 113 Å². The van der Waals surface area contributed by atoms with Crippen LogP contribution < -0.4 is 11.1 Å². The monoisotopic (exact) mass is 294 g/mol. The minimum atomic E-state index is -2.28. The smallest absolute Gasteiger partial charge is 0.335 e. The topological polar surface area (TPSA) is 190 Å². The number of carbonyl (C=O) groups excluding carboxylic acids is 2. The van der Waals surface area contributed by atoms with Gasteiger partial charge in [-0.05, 0) is 0 Å². The third kappa shape index (κ3) is 6.04. The van der Waals surface area contributed by atoms with Crippen LogP contribution in [-0.2, 0) is 14.4 Å². The first-order chi connectivity index (χ1) is 9.20. The Bertz CT molecular complexity index is 350. The summed E-state index contributed by atoms with van der Waals surface area (Å²) in [5.74, 6) is -2.45. The molecule has 0 unspecified atom stereocenters. The van der Waals surface area contributed by atoms with Crippen LogP contribution in [-0.4, -0.2) is 80.7 Å². The summed E-state index contributed by atoms with van der Waals surface area (Å²) < 4.78 is 0. The van der Waals surface area contributed by atoms with Gasteiger partial charge in [-0.15, -0.1) is 0 Å². The molecule has 0 radical (unpaired) electrons. The van der Waals surface area contributed by atoms with Crippen molar-refractivity contribution >= 4 is 18.2 Å². The lowest BCUT2D eigenvalue weighted by Gasteiger charge is -2.24. The van der Waals surface area contributed by atoms with Crippen molar-refractivity contribution in [2.24, 2.45) is 5.73 Å². The lowest BCUT2D eigenvalue weighted by Crippen LogP contribution is -2.51. The predicted molar refractivity (Wildman–Crippen MR) is 63.3 cm³/mol. The maximum Gasteiger partial charge on any atom is 0.335 e. The van der Waals surface area contributed by atoms with Crippen molar-refractivity contribution in [1.82, 2.24) is 5.32 Å². The molecule has 5 atom stereocenters. The summed E-state index contributed by atoms with van der Waals surface area (Å²) in [5, 5.41) is 47.6. The second-order valence-corrected chi connectivity index (χ2v) is 4.14. The average molecular weight is 294 g/mol. The van der Waals surface area contributed by atoms with E-state index in [0.29, 0.717) is 6.29 Å². The molecule has 0 aromatic carbocycles. The largest absolute Gasteiger partial charge is 0.479 e. The third-order valence-corrected chi connectivity index (χ3v) is 2.42. The first-order valence-electron chi connectivity index (χ1n) is 5.63. The third-order valence-electron chi connectivity index (χ3n) is 2.42. The molecule has 0 aliphatic carbocycles. The standard InChI is InChI=1S/C10H18N2O8/c11-4(3-13)1-6(15)12-2-5(14)7(16)8(17)9(18)10(19)20/h3-5,7-9,14,16-18H,1-2,11H2,(H,12,15)(H,19,20)/t4-,5-,7+,8-,9-/m0/s1. The molecule has 0 saturated heterocycles. The van der Waals surface area contributed by atoms with Crippen molar-refractivity contribution in [3.05, 3.63) is 0 Å². The van der Waals surface area contributed by atoms with Crippen molar-refractivity contribution in [2.75, 3.05) is 6.54 Å². The summed E-state index contributed by atoms with van der Waals surface area (Å²) in [5.41, 5.74) is 5.18. The number of aliphatic hydroxyl groups excluding tert-OH is 4. The number of nitrogens with two attached hydrogens (primary N) is 1. The van der Waals surface area contributed by atoms with E-state index >= 15 is 0 Å². The van der Waals surface area contributed by atoms with Crippen LogP contribution in [0.4, 0.5) is 0 Å². The number of nitrogens with one attached hydrogen (secondary N) is 1. The number of amides is 1. The van der Waals surface area contributed by atoms with Crippen molar-refractivity contribution in [3.8, 4) is 0 Å². The van der Waals surface area contributed by atoms with E-state index < -0.39 is 48.9 Å². The Balaban J connectivity index is 4.26. The molecular weight excluding hydrogens is 276 g/mol. The zero-order valence-electron chi connectivity index (χ0n) is 10.4. The van der Waals surface area contributed by atoms with Gasteiger partial charge in [-0.1, -0.05) is 0 Å². The van der Waals surface area contributed by atoms with Crippen molar-refractivity contribution in [3.63, 3.8) is 0 Å². The van der Waals surface area contributed by atoms with Gasteiger partial charge in [-0.3, -0.25) is 4.79 Å². The fourth-order valence-electron chi connectivity index (χ4n) is 1.23. The molecule has 116 valence electrons. The molecule has 0 aromatic heterocycles. The van der Waals surface area contributed by atoms with Crippen LogP contribution in [0.5, 0.6) is 0 Å². The molecule has 1 amide bonds. The Hall–Kier alpha value is -1.59. The van der Waals surface area contributed by atoms with Gasteiger partial charge in [0.25, 0.3) is 0 Å². The average Bonchev–Trinajstić information content (AvgIpc) is 2.41. The molecular formula is C10H18N2O8. The van der Waals surface area contributed by atoms with E-state index in [1.807, 2.05) is 0 Å². The number of carboxylic acid groups (broad SMARTS) is 1. The molecule has 0 saturated carbocycles. The van der Waals surface area contributed by atoms with E-state index in [-0.39, 0.29) is 6.42 Å². The zero-order valence-corrected chi connectivity index (χ0v) is 10.4. The number of hydrogen-bond donors (Lipinski definition) is 7. The number of aldehydes is 1. The number of aliphatic carboxylic acids is 1. The summed E-state index contributed by atoms with van der Waals surface area (Å²) in [7, 11) is 0. The van der Waals surface area contributed by atoms with Crippen molar-refractivity contribution in [1.29, 1.82) is 0 Å². The van der Waals surface area contributed by atoms with Crippen molar-refractivity contribution < 1.29 is 39.9 Å². The lowest BCUT2D eigenvalue weighted by molar-refractivity contribution is -0.162. The fourth-order valence-corrected chi connectivity index (χ4v) is 1.23. The predicted octanol–water partition coefficient (Wildman–Crippen LogP) is -4.45. The Morgan fingerprint density at radius 3 is 2.15 bits per heavy atom. The SMILES string of the molecule is N[C@H](C=O)CC(=O)NC[C@H](O)[C@@H](O)[C@H](O)[C@H](O)C(=O)O. The Morgan fingerprint density at radius 1 is 1.15 bits per heavy atom. The summed E-state index contributed by atoms with van der Waals surface area (Å²) in [6.45, 7) is -0.519. The van der Waals surface area contributed by atoms with Gasteiger partial charge >= 0.3 is 5.97 Å². The van der Waals surface area contributed by atoms with Gasteiger partial charge in [0.05, 0.1) is 12.1 Å². The van der Waals surface area contributed by atoms with Crippen LogP contribution in [0.2, 0.25) is 0 Å². The molecule has 10 heteroatoms. The lowest BCUT2D eigenvalue weighted by atomic mass is 10.0. The highest BCUT2D eigenvalue weighted by Crippen LogP contribution is 2.05.